The van der Waals surface area contributed by atoms with Crippen LogP contribution in [0.4, 0.5) is 0 Å². The SMILES string of the molecule is CC/C=C\C/C=C\C/C=C\C/C=C\C/C=C\C/C=C\CCCOCC(CO)OC(=O)CCCCC/C=C\C/C=C\C/C=C\C/C=C\C/C=C\CC. The van der Waals surface area contributed by atoms with E-state index in [1.165, 1.54) is 0 Å². The van der Waals surface area contributed by atoms with Gasteiger partial charge < -0.3 is 14.6 Å². The Kier molecular flexibility index (Phi) is 39.8. The van der Waals surface area contributed by atoms with E-state index >= 15 is 0 Å². The predicted octanol–water partition coefficient (Wildman–Crippen LogP) is 13.1. The maximum absolute atomic E-state index is 12.2. The van der Waals surface area contributed by atoms with E-state index in [9.17, 15) is 9.90 Å². The quantitative estimate of drug-likeness (QED) is 0.0412. The maximum atomic E-state index is 12.2. The molecule has 0 rings (SSSR count). The summed E-state index contributed by atoms with van der Waals surface area (Å²) in [6, 6.07) is 0. The lowest BCUT2D eigenvalue weighted by Crippen LogP contribution is -2.27. The molecule has 0 heterocycles. The summed E-state index contributed by atoms with van der Waals surface area (Å²) in [5, 5.41) is 9.58. The van der Waals surface area contributed by atoms with E-state index < -0.39 is 6.10 Å². The second-order valence-corrected chi connectivity index (χ2v) is 12.2. The van der Waals surface area contributed by atoms with Gasteiger partial charge in [-0.15, -0.1) is 0 Å². The molecule has 1 atom stereocenters. The Morgan fingerprint density at radius 2 is 0.824 bits per heavy atom. The summed E-state index contributed by atoms with van der Waals surface area (Å²) in [5.74, 6) is -0.259. The highest BCUT2D eigenvalue weighted by Crippen LogP contribution is 2.07. The van der Waals surface area contributed by atoms with E-state index in [1.54, 1.807) is 0 Å². The van der Waals surface area contributed by atoms with Crippen molar-refractivity contribution in [3.8, 4) is 0 Å². The van der Waals surface area contributed by atoms with E-state index in [4.69, 9.17) is 9.47 Å². The molecule has 0 fully saturated rings. The molecule has 284 valence electrons. The number of carbonyl (C=O) groups excluding carboxylic acids is 1. The first kappa shape index (κ1) is 47.5. The van der Waals surface area contributed by atoms with Gasteiger partial charge in [-0.3, -0.25) is 4.79 Å². The van der Waals surface area contributed by atoms with Crippen LogP contribution >= 0.6 is 0 Å². The average molecular weight is 701 g/mol. The normalized spacial score (nSPS) is 13.9. The Morgan fingerprint density at radius 3 is 1.20 bits per heavy atom. The van der Waals surface area contributed by atoms with Crippen LogP contribution in [0, 0.1) is 0 Å². The highest BCUT2D eigenvalue weighted by atomic mass is 16.6. The Labute approximate surface area is 313 Å². The Hall–Kier alpha value is -3.47. The lowest BCUT2D eigenvalue weighted by atomic mass is 10.1. The Balaban J connectivity index is 3.70. The molecule has 51 heavy (non-hydrogen) atoms. The van der Waals surface area contributed by atoms with E-state index in [-0.39, 0.29) is 19.2 Å². The van der Waals surface area contributed by atoms with Crippen LogP contribution in [-0.4, -0.2) is 37.0 Å². The summed E-state index contributed by atoms with van der Waals surface area (Å²) in [4.78, 5) is 12.2. The minimum absolute atomic E-state index is 0.219. The van der Waals surface area contributed by atoms with Crippen LogP contribution in [0.5, 0.6) is 0 Å². The minimum atomic E-state index is -0.593. The van der Waals surface area contributed by atoms with Crippen molar-refractivity contribution in [1.82, 2.24) is 0 Å². The topological polar surface area (TPSA) is 55.8 Å². The van der Waals surface area contributed by atoms with E-state index in [2.05, 4.69) is 148 Å². The highest BCUT2D eigenvalue weighted by Gasteiger charge is 2.13. The van der Waals surface area contributed by atoms with Crippen molar-refractivity contribution in [3.05, 3.63) is 134 Å². The molecule has 0 saturated heterocycles. The first-order valence-corrected chi connectivity index (χ1v) is 19.8. The Morgan fingerprint density at radius 1 is 0.471 bits per heavy atom. The molecule has 0 aliphatic heterocycles. The number of hydrogen-bond donors (Lipinski definition) is 1. The van der Waals surface area contributed by atoms with Crippen molar-refractivity contribution in [2.24, 2.45) is 0 Å². The number of hydrogen-bond acceptors (Lipinski definition) is 4. The smallest absolute Gasteiger partial charge is 0.306 e. The van der Waals surface area contributed by atoms with Crippen molar-refractivity contribution >= 4 is 5.97 Å². The van der Waals surface area contributed by atoms with Gasteiger partial charge in [-0.25, -0.2) is 0 Å². The van der Waals surface area contributed by atoms with Crippen LogP contribution in [0.3, 0.4) is 0 Å². The van der Waals surface area contributed by atoms with Crippen LogP contribution in [0.1, 0.15) is 129 Å². The highest BCUT2D eigenvalue weighted by molar-refractivity contribution is 5.69. The number of carbonyl (C=O) groups is 1. The summed E-state index contributed by atoms with van der Waals surface area (Å²) < 4.78 is 11.1. The molecular formula is C47H72O4. The van der Waals surface area contributed by atoms with Crippen LogP contribution in [0.15, 0.2) is 134 Å². The van der Waals surface area contributed by atoms with Crippen LogP contribution in [-0.2, 0) is 14.3 Å². The van der Waals surface area contributed by atoms with Gasteiger partial charge in [0.05, 0.1) is 13.2 Å². The summed E-state index contributed by atoms with van der Waals surface area (Å²) >= 11 is 0. The second kappa shape index (κ2) is 42.7. The predicted molar refractivity (Wildman–Crippen MR) is 223 cm³/mol. The van der Waals surface area contributed by atoms with E-state index in [0.29, 0.717) is 13.0 Å². The first-order valence-electron chi connectivity index (χ1n) is 19.8. The molecule has 4 nitrogen and oxygen atoms in total. The number of rotatable bonds is 34. The monoisotopic (exact) mass is 701 g/mol. The fourth-order valence-electron chi connectivity index (χ4n) is 4.60. The average Bonchev–Trinajstić information content (AvgIpc) is 3.14. The molecular weight excluding hydrogens is 629 g/mol. The molecule has 1 N–H and O–H groups in total. The van der Waals surface area contributed by atoms with Crippen LogP contribution in [0.2, 0.25) is 0 Å². The standard InChI is InChI=1S/C47H72O4/c1-3-5-7-9-11-13-15-17-19-21-23-25-27-29-31-33-35-37-39-41-43-50-45-46(44-48)51-47(49)42-40-38-36-34-32-30-28-26-24-22-20-18-16-14-12-10-8-6-4-2/h5-8,11-14,17-20,23-26,29-32,35,37,46,48H,3-4,9-10,15-16,21-22,27-28,33-34,36,38-45H2,1-2H3/b7-5-,8-6-,13-11-,14-12-,19-17-,20-18-,25-23-,26-24-,31-29-,32-30-,37-35-. The van der Waals surface area contributed by atoms with Crippen molar-refractivity contribution < 1.29 is 19.4 Å². The molecule has 0 bridgehead atoms. The Bertz CT molecular complexity index is 1090. The number of aliphatic hydroxyl groups is 1. The number of allylic oxidation sites excluding steroid dienone is 22. The lowest BCUT2D eigenvalue weighted by Gasteiger charge is -2.15. The largest absolute Gasteiger partial charge is 0.457 e. The van der Waals surface area contributed by atoms with Gasteiger partial charge in [0.25, 0.3) is 0 Å². The summed E-state index contributed by atoms with van der Waals surface area (Å²) in [7, 11) is 0. The van der Waals surface area contributed by atoms with Crippen LogP contribution < -0.4 is 0 Å². The fourth-order valence-corrected chi connectivity index (χ4v) is 4.60. The van der Waals surface area contributed by atoms with Gasteiger partial charge in [-0.05, 0) is 103 Å². The molecule has 0 radical (unpaired) electrons. The van der Waals surface area contributed by atoms with E-state index in [1.807, 2.05) is 0 Å². The third-order valence-electron chi connectivity index (χ3n) is 7.47. The molecule has 4 heteroatoms. The van der Waals surface area contributed by atoms with Gasteiger partial charge >= 0.3 is 5.97 Å². The molecule has 0 spiro atoms. The number of unbranched alkanes of at least 4 members (excludes halogenated alkanes) is 4. The molecule has 0 saturated carbocycles. The third-order valence-corrected chi connectivity index (χ3v) is 7.47. The van der Waals surface area contributed by atoms with Gasteiger partial charge in [-0.2, -0.15) is 0 Å². The molecule has 0 aromatic heterocycles. The van der Waals surface area contributed by atoms with Crippen molar-refractivity contribution in [2.45, 2.75) is 136 Å². The van der Waals surface area contributed by atoms with E-state index in [0.717, 1.165) is 109 Å². The summed E-state index contributed by atoms with van der Waals surface area (Å²) in [6.07, 6.45) is 65.1. The molecule has 0 aliphatic carbocycles. The summed E-state index contributed by atoms with van der Waals surface area (Å²) in [5.41, 5.74) is 0. The van der Waals surface area contributed by atoms with Gasteiger partial charge in [0.1, 0.15) is 6.10 Å². The van der Waals surface area contributed by atoms with Gasteiger partial charge in [0, 0.05) is 13.0 Å². The second-order valence-electron chi connectivity index (χ2n) is 12.2. The molecule has 0 amide bonds. The van der Waals surface area contributed by atoms with Crippen molar-refractivity contribution in [3.63, 3.8) is 0 Å². The van der Waals surface area contributed by atoms with Crippen molar-refractivity contribution in [2.75, 3.05) is 19.8 Å². The molecule has 1 unspecified atom stereocenters. The number of esters is 1. The van der Waals surface area contributed by atoms with Gasteiger partial charge in [0.15, 0.2) is 0 Å². The number of aliphatic hydroxyl groups excluding tert-OH is 1. The lowest BCUT2D eigenvalue weighted by molar-refractivity contribution is -0.154. The third kappa shape index (κ3) is 40.8. The minimum Gasteiger partial charge on any atom is -0.457 e. The van der Waals surface area contributed by atoms with Crippen molar-refractivity contribution in [1.29, 1.82) is 0 Å². The van der Waals surface area contributed by atoms with Gasteiger partial charge in [0.2, 0.25) is 0 Å². The fraction of sp³-hybridized carbons (Fsp3) is 0.511. The first-order chi connectivity index (χ1) is 25.2. The number of ether oxygens (including phenoxy) is 2. The maximum Gasteiger partial charge on any atom is 0.306 e. The zero-order chi connectivity index (χ0) is 37.0. The molecule has 0 aromatic carbocycles. The zero-order valence-electron chi connectivity index (χ0n) is 32.3. The zero-order valence-corrected chi connectivity index (χ0v) is 32.3. The molecule has 0 aliphatic rings. The van der Waals surface area contributed by atoms with Gasteiger partial charge in [-0.1, -0.05) is 154 Å². The molecule has 0 aromatic rings. The van der Waals surface area contributed by atoms with Crippen LogP contribution in [0.25, 0.3) is 0 Å². The summed E-state index contributed by atoms with van der Waals surface area (Å²) in [6.45, 7) is 4.90.